The smallest absolute Gasteiger partial charge is 0.102 e. The number of alkyl halides is 1. The highest BCUT2D eigenvalue weighted by Gasteiger charge is 2.26. The highest BCUT2D eigenvalue weighted by molar-refractivity contribution is 4.81. The van der Waals surface area contributed by atoms with Gasteiger partial charge in [-0.15, -0.1) is 0 Å². The molecular formula is C13H28FN5. The van der Waals surface area contributed by atoms with Crippen molar-refractivity contribution in [3.63, 3.8) is 0 Å². The van der Waals surface area contributed by atoms with Crippen LogP contribution < -0.4 is 11.7 Å². The van der Waals surface area contributed by atoms with Crippen molar-refractivity contribution in [3.8, 4) is 0 Å². The van der Waals surface area contributed by atoms with E-state index in [0.29, 0.717) is 18.5 Å². The van der Waals surface area contributed by atoms with Gasteiger partial charge in [0.05, 0.1) is 0 Å². The van der Waals surface area contributed by atoms with Gasteiger partial charge in [-0.3, -0.25) is 16.6 Å². The second-order valence-corrected chi connectivity index (χ2v) is 5.93. The first-order valence-electron chi connectivity index (χ1n) is 7.48. The molecule has 0 aromatic heterocycles. The maximum Gasteiger partial charge on any atom is 0.102 e. The third kappa shape index (κ3) is 4.65. The van der Waals surface area contributed by atoms with Crippen molar-refractivity contribution in [1.82, 2.24) is 14.9 Å². The Labute approximate surface area is 115 Å². The van der Waals surface area contributed by atoms with Gasteiger partial charge >= 0.3 is 0 Å². The van der Waals surface area contributed by atoms with Crippen LogP contribution in [0.25, 0.3) is 0 Å². The molecular weight excluding hydrogens is 245 g/mol. The highest BCUT2D eigenvalue weighted by Crippen LogP contribution is 2.21. The molecule has 0 aromatic carbocycles. The van der Waals surface area contributed by atoms with Gasteiger partial charge in [-0.2, -0.15) is 0 Å². The molecule has 0 aromatic rings. The van der Waals surface area contributed by atoms with E-state index in [1.165, 1.54) is 0 Å². The molecule has 2 rings (SSSR count). The van der Waals surface area contributed by atoms with Gasteiger partial charge in [0, 0.05) is 45.3 Å². The van der Waals surface area contributed by atoms with Gasteiger partial charge in [-0.1, -0.05) is 0 Å². The summed E-state index contributed by atoms with van der Waals surface area (Å²) in [6, 6.07) is 0.506. The molecule has 2 aliphatic rings. The van der Waals surface area contributed by atoms with Crippen LogP contribution in [0.2, 0.25) is 0 Å². The van der Waals surface area contributed by atoms with Crippen LogP contribution in [-0.2, 0) is 0 Å². The summed E-state index contributed by atoms with van der Waals surface area (Å²) in [6.07, 6.45) is 4.39. The normalized spacial score (nSPS) is 25.3. The van der Waals surface area contributed by atoms with Crippen LogP contribution in [-0.4, -0.2) is 66.9 Å². The van der Waals surface area contributed by atoms with Crippen LogP contribution in [0.3, 0.4) is 0 Å². The van der Waals surface area contributed by atoms with E-state index in [1.807, 2.05) is 10.0 Å². The van der Waals surface area contributed by atoms with E-state index < -0.39 is 0 Å². The minimum absolute atomic E-state index is 0.251. The van der Waals surface area contributed by atoms with Crippen LogP contribution in [0.5, 0.6) is 0 Å². The largest absolute Gasteiger partial charge is 0.297 e. The Morgan fingerprint density at radius 1 is 0.947 bits per heavy atom. The predicted molar refractivity (Wildman–Crippen MR) is 74.8 cm³/mol. The van der Waals surface area contributed by atoms with Crippen LogP contribution in [0.1, 0.15) is 25.7 Å². The summed E-state index contributed by atoms with van der Waals surface area (Å²) >= 11 is 0. The molecule has 5 nitrogen and oxygen atoms in total. The zero-order chi connectivity index (χ0) is 13.7. The molecule has 0 spiro atoms. The van der Waals surface area contributed by atoms with Crippen molar-refractivity contribution in [2.24, 2.45) is 17.6 Å². The summed E-state index contributed by atoms with van der Waals surface area (Å²) in [5.74, 6) is 12.2. The monoisotopic (exact) mass is 273 g/mol. The summed E-state index contributed by atoms with van der Waals surface area (Å²) in [5, 5.41) is 3.76. The number of nitrogens with two attached hydrogens (primary N) is 2. The van der Waals surface area contributed by atoms with Crippen molar-refractivity contribution < 1.29 is 4.39 Å². The standard InChI is InChI=1S/C13H28FN5/c14-5-10-17(13-3-8-19(16)9-4-13)11-12-1-6-18(15)7-2-12/h12-13H,1-11,15-16H2. The summed E-state index contributed by atoms with van der Waals surface area (Å²) in [5.41, 5.74) is 0. The number of hydrogen-bond acceptors (Lipinski definition) is 5. The molecule has 6 heteroatoms. The van der Waals surface area contributed by atoms with Crippen molar-refractivity contribution in [2.75, 3.05) is 45.9 Å². The van der Waals surface area contributed by atoms with Gasteiger partial charge < -0.3 is 0 Å². The lowest BCUT2D eigenvalue weighted by atomic mass is 9.95. The minimum atomic E-state index is -0.251. The first kappa shape index (κ1) is 15.1. The van der Waals surface area contributed by atoms with Crippen molar-refractivity contribution in [2.45, 2.75) is 31.7 Å². The average molecular weight is 273 g/mol. The van der Waals surface area contributed by atoms with Crippen molar-refractivity contribution in [1.29, 1.82) is 0 Å². The van der Waals surface area contributed by atoms with Gasteiger partial charge in [-0.25, -0.2) is 14.4 Å². The fourth-order valence-corrected chi connectivity index (χ4v) is 3.25. The fourth-order valence-electron chi connectivity index (χ4n) is 3.25. The molecule has 2 saturated heterocycles. The zero-order valence-corrected chi connectivity index (χ0v) is 11.8. The molecule has 0 atom stereocenters. The number of hydrazine groups is 2. The lowest BCUT2D eigenvalue weighted by Crippen LogP contribution is -2.50. The van der Waals surface area contributed by atoms with Crippen LogP contribution in [0, 0.1) is 5.92 Å². The van der Waals surface area contributed by atoms with Gasteiger partial charge in [0.2, 0.25) is 0 Å². The first-order valence-corrected chi connectivity index (χ1v) is 7.48. The number of halogens is 1. The molecule has 0 bridgehead atoms. The molecule has 2 fully saturated rings. The molecule has 4 N–H and O–H groups in total. The summed E-state index contributed by atoms with van der Waals surface area (Å²) < 4.78 is 12.8. The van der Waals surface area contributed by atoms with Gasteiger partial charge in [0.1, 0.15) is 6.67 Å². The summed E-state index contributed by atoms with van der Waals surface area (Å²) in [6.45, 7) is 5.12. The van der Waals surface area contributed by atoms with Gasteiger partial charge in [-0.05, 0) is 31.6 Å². The Hall–Kier alpha value is -0.270. The predicted octanol–water partition coefficient (Wildman–Crippen LogP) is 0.182. The van der Waals surface area contributed by atoms with Crippen molar-refractivity contribution in [3.05, 3.63) is 0 Å². The number of nitrogens with zero attached hydrogens (tertiary/aromatic N) is 3. The van der Waals surface area contributed by atoms with E-state index in [1.54, 1.807) is 0 Å². The third-order valence-corrected chi connectivity index (χ3v) is 4.53. The Bertz CT molecular complexity index is 249. The number of hydrogen-bond donors (Lipinski definition) is 2. The van der Waals surface area contributed by atoms with Gasteiger partial charge in [0.25, 0.3) is 0 Å². The van der Waals surface area contributed by atoms with E-state index in [9.17, 15) is 4.39 Å². The Kier molecular flexibility index (Phi) is 5.97. The van der Waals surface area contributed by atoms with Crippen LogP contribution in [0.15, 0.2) is 0 Å². The van der Waals surface area contributed by atoms with Crippen LogP contribution in [0.4, 0.5) is 4.39 Å². The molecule has 19 heavy (non-hydrogen) atoms. The van der Waals surface area contributed by atoms with Gasteiger partial charge in [0.15, 0.2) is 0 Å². The maximum atomic E-state index is 12.8. The molecule has 112 valence electrons. The van der Waals surface area contributed by atoms with E-state index in [0.717, 1.165) is 58.4 Å². The molecule has 2 aliphatic heterocycles. The molecule has 0 aliphatic carbocycles. The number of piperidine rings is 2. The van der Waals surface area contributed by atoms with Crippen molar-refractivity contribution >= 4 is 0 Å². The SMILES string of the molecule is NN1CCC(CN(CCF)C2CCN(N)CC2)CC1. The maximum absolute atomic E-state index is 12.8. The van der Waals surface area contributed by atoms with E-state index in [4.69, 9.17) is 11.7 Å². The van der Waals surface area contributed by atoms with E-state index >= 15 is 0 Å². The highest BCUT2D eigenvalue weighted by atomic mass is 19.1. The molecule has 0 amide bonds. The lowest BCUT2D eigenvalue weighted by molar-refractivity contribution is 0.0726. The summed E-state index contributed by atoms with van der Waals surface area (Å²) in [4.78, 5) is 2.35. The zero-order valence-electron chi connectivity index (χ0n) is 11.8. The molecule has 2 heterocycles. The topological polar surface area (TPSA) is 61.8 Å². The molecule has 0 saturated carbocycles. The lowest BCUT2D eigenvalue weighted by Gasteiger charge is -2.39. The minimum Gasteiger partial charge on any atom is -0.297 e. The average Bonchev–Trinajstić information content (AvgIpc) is 2.42. The Morgan fingerprint density at radius 2 is 1.47 bits per heavy atom. The Morgan fingerprint density at radius 3 is 2.00 bits per heavy atom. The fraction of sp³-hybridized carbons (Fsp3) is 1.00. The molecule has 0 unspecified atom stereocenters. The number of rotatable bonds is 5. The van der Waals surface area contributed by atoms with E-state index in [2.05, 4.69) is 4.90 Å². The first-order chi connectivity index (χ1) is 9.19. The second kappa shape index (κ2) is 7.50. The molecule has 0 radical (unpaired) electrons. The van der Waals surface area contributed by atoms with Crippen LogP contribution >= 0.6 is 0 Å². The van der Waals surface area contributed by atoms with E-state index in [-0.39, 0.29) is 6.67 Å². The summed E-state index contributed by atoms with van der Waals surface area (Å²) in [7, 11) is 0. The third-order valence-electron chi connectivity index (χ3n) is 4.53. The quantitative estimate of drug-likeness (QED) is 0.700. The second-order valence-electron chi connectivity index (χ2n) is 5.93. The Balaban J connectivity index is 1.81.